The number of nitrogens with zero attached hydrogens (tertiary/aromatic N) is 6. The van der Waals surface area contributed by atoms with Gasteiger partial charge in [-0.3, -0.25) is 20.4 Å². The third-order valence-corrected chi connectivity index (χ3v) is 22.8. The lowest BCUT2D eigenvalue weighted by atomic mass is 10.0. The minimum absolute atomic E-state index is 0.000949. The minimum atomic E-state index is -4.78. The van der Waals surface area contributed by atoms with Crippen molar-refractivity contribution in [2.45, 2.75) is 142 Å². The Morgan fingerprint density at radius 1 is 0.649 bits per heavy atom. The van der Waals surface area contributed by atoms with Crippen molar-refractivity contribution in [2.75, 3.05) is 10.6 Å². The molecule has 15 nitrogen and oxygen atoms in total. The lowest BCUT2D eigenvalue weighted by molar-refractivity contribution is -0.138. The standard InChI is InChI=1S/C27H32F3N5O3Si.C27H30F3N5O2Si/c1-16-20(13-14-21(32-6)22(16)27(28,29)30)33-23(17(2)38-39(7,8)26(3,4)5)25(37)35-34-24(36)19-11-9-18(15-31)10-12-19;1-16-20(13-14-21(32-6)22(16)27(28,29)30)33-23(17(2)37-38(7,8)26(3,4)5)25-35-34-24(36-25)19-11-9-18(15-31)10-12-19/h9-14,17,23,33H,1-5,7-8H3,(H,34,36)(H,35,37);9-14,17,23,33H,1-5,7-8H3/t2*17-,23-/m11/s1. The topological polar surface area (TPSA) is 196 Å². The molecular formula is C54H62F6N10O5Si2. The normalized spacial score (nSPS) is 13.7. The first-order chi connectivity index (χ1) is 35.5. The Hall–Kier alpha value is -7.55. The van der Waals surface area contributed by atoms with Crippen molar-refractivity contribution < 1.29 is 49.2 Å². The number of halogens is 6. The van der Waals surface area contributed by atoms with Crippen molar-refractivity contribution >= 4 is 51.2 Å². The van der Waals surface area contributed by atoms with E-state index >= 15 is 0 Å². The zero-order chi connectivity index (χ0) is 58.2. The van der Waals surface area contributed by atoms with Crippen LogP contribution in [-0.2, 0) is 26.0 Å². The van der Waals surface area contributed by atoms with Crippen molar-refractivity contribution in [1.82, 2.24) is 21.0 Å². The first kappa shape index (κ1) is 62.0. The number of amides is 2. The van der Waals surface area contributed by atoms with Gasteiger partial charge in [0.05, 0.1) is 59.7 Å². The number of carbonyl (C=O) groups is 2. The summed E-state index contributed by atoms with van der Waals surface area (Å²) < 4.78 is 102. The lowest BCUT2D eigenvalue weighted by Gasteiger charge is -2.40. The van der Waals surface area contributed by atoms with Gasteiger partial charge in [0.15, 0.2) is 28.0 Å². The molecule has 5 rings (SSSR count). The van der Waals surface area contributed by atoms with E-state index in [0.29, 0.717) is 16.7 Å². The van der Waals surface area contributed by atoms with Gasteiger partial charge in [-0.1, -0.05) is 53.7 Å². The monoisotopic (exact) mass is 1100 g/mol. The molecule has 77 heavy (non-hydrogen) atoms. The highest BCUT2D eigenvalue weighted by Crippen LogP contribution is 2.45. The van der Waals surface area contributed by atoms with Crippen LogP contribution in [0.4, 0.5) is 49.1 Å². The maximum atomic E-state index is 13.8. The average molecular weight is 1100 g/mol. The molecule has 408 valence electrons. The lowest BCUT2D eigenvalue weighted by Crippen LogP contribution is -2.55. The Morgan fingerprint density at radius 3 is 1.49 bits per heavy atom. The van der Waals surface area contributed by atoms with E-state index in [0.717, 1.165) is 12.1 Å². The number of rotatable bonds is 14. The number of benzene rings is 4. The van der Waals surface area contributed by atoms with E-state index in [1.165, 1.54) is 50.2 Å². The van der Waals surface area contributed by atoms with Crippen LogP contribution < -0.4 is 21.5 Å². The van der Waals surface area contributed by atoms with Gasteiger partial charge in [0.1, 0.15) is 12.1 Å². The molecule has 1 heterocycles. The van der Waals surface area contributed by atoms with Crippen molar-refractivity contribution in [3.05, 3.63) is 140 Å². The molecule has 4 N–H and O–H groups in total. The number of nitriles is 2. The first-order valence-corrected chi connectivity index (χ1v) is 29.8. The highest BCUT2D eigenvalue weighted by atomic mass is 28.4. The fourth-order valence-corrected chi connectivity index (χ4v) is 10.1. The maximum absolute atomic E-state index is 13.8. The largest absolute Gasteiger partial charge is 0.418 e. The average Bonchev–Trinajstić information content (AvgIpc) is 3.83. The summed E-state index contributed by atoms with van der Waals surface area (Å²) in [5, 5.41) is 32.0. The van der Waals surface area contributed by atoms with Crippen LogP contribution in [0.5, 0.6) is 0 Å². The number of anilines is 2. The van der Waals surface area contributed by atoms with Gasteiger partial charge in [-0.05, 0) is 136 Å². The Kier molecular flexibility index (Phi) is 19.5. The smallest absolute Gasteiger partial charge is 0.407 e. The van der Waals surface area contributed by atoms with Gasteiger partial charge in [-0.2, -0.15) is 36.9 Å². The molecule has 0 spiro atoms. The van der Waals surface area contributed by atoms with Gasteiger partial charge in [0.25, 0.3) is 11.8 Å². The minimum Gasteiger partial charge on any atom is -0.418 e. The number of hydrazine groups is 1. The highest BCUT2D eigenvalue weighted by Gasteiger charge is 2.44. The summed E-state index contributed by atoms with van der Waals surface area (Å²) in [5.74, 6) is -1.06. The quantitative estimate of drug-likeness (QED) is 0.0357. The van der Waals surface area contributed by atoms with Crippen molar-refractivity contribution in [3.8, 4) is 23.6 Å². The van der Waals surface area contributed by atoms with E-state index in [1.54, 1.807) is 31.2 Å². The molecule has 1 aromatic heterocycles. The van der Waals surface area contributed by atoms with Crippen molar-refractivity contribution in [1.29, 1.82) is 10.5 Å². The third kappa shape index (κ3) is 15.3. The molecule has 0 saturated carbocycles. The van der Waals surface area contributed by atoms with Gasteiger partial charge < -0.3 is 23.9 Å². The first-order valence-electron chi connectivity index (χ1n) is 24.0. The van der Waals surface area contributed by atoms with Crippen LogP contribution in [0.15, 0.2) is 77.2 Å². The van der Waals surface area contributed by atoms with Crippen molar-refractivity contribution in [2.24, 2.45) is 0 Å². The molecular weight excluding hydrogens is 1040 g/mol. The molecule has 0 aliphatic heterocycles. The van der Waals surface area contributed by atoms with Gasteiger partial charge >= 0.3 is 12.4 Å². The predicted molar refractivity (Wildman–Crippen MR) is 285 cm³/mol. The Balaban J connectivity index is 0.000000333. The summed E-state index contributed by atoms with van der Waals surface area (Å²) in [6.45, 7) is 40.7. The third-order valence-electron chi connectivity index (χ3n) is 13.7. The molecule has 0 saturated heterocycles. The fourth-order valence-electron chi connectivity index (χ4n) is 7.27. The van der Waals surface area contributed by atoms with Crippen LogP contribution in [0, 0.1) is 49.7 Å². The summed E-state index contributed by atoms with van der Waals surface area (Å²) in [6.07, 6.45) is -10.8. The van der Waals surface area contributed by atoms with Crippen molar-refractivity contribution in [3.63, 3.8) is 0 Å². The van der Waals surface area contributed by atoms with E-state index in [9.17, 15) is 35.9 Å². The number of alkyl halides is 6. The van der Waals surface area contributed by atoms with Gasteiger partial charge in [0.2, 0.25) is 11.8 Å². The number of hydrogen-bond donors (Lipinski definition) is 4. The molecule has 0 bridgehead atoms. The van der Waals surface area contributed by atoms with E-state index in [1.807, 2.05) is 52.9 Å². The summed E-state index contributed by atoms with van der Waals surface area (Å²) >= 11 is 0. The molecule has 23 heteroatoms. The van der Waals surface area contributed by atoms with Crippen LogP contribution in [0.2, 0.25) is 36.3 Å². The summed E-state index contributed by atoms with van der Waals surface area (Å²) in [5.41, 5.74) is 2.96. The fraction of sp³-hybridized carbons (Fsp3) is 0.407. The Morgan fingerprint density at radius 2 is 1.08 bits per heavy atom. The van der Waals surface area contributed by atoms with E-state index in [2.05, 4.69) is 75.2 Å². The Labute approximate surface area is 447 Å². The molecule has 5 aromatic rings. The Bertz CT molecular complexity index is 3100. The zero-order valence-corrected chi connectivity index (χ0v) is 47.2. The second kappa shape index (κ2) is 24.2. The number of hydrogen-bond acceptors (Lipinski definition) is 11. The van der Waals surface area contributed by atoms with Gasteiger partial charge in [-0.25, -0.2) is 9.69 Å². The molecule has 0 fully saturated rings. The summed E-state index contributed by atoms with van der Waals surface area (Å²) in [4.78, 5) is 31.9. The summed E-state index contributed by atoms with van der Waals surface area (Å²) in [7, 11) is -4.72. The number of aromatic nitrogens is 2. The maximum Gasteiger partial charge on any atom is 0.407 e. The van der Waals surface area contributed by atoms with Crippen LogP contribution in [0.3, 0.4) is 0 Å². The SMILES string of the molecule is [C-]#[N+]c1ccc(N[C@@H](C(=O)NNC(=O)c2ccc(C#N)cc2)[C@@H](C)O[Si](C)(C)C(C)(C)C)c(C)c1C(F)(F)F.[C-]#[N+]c1ccc(N[C@@H](c2nnc(-c3ccc(C#N)cc3)o2)[C@@H](C)O[Si](C)(C)C(C)(C)C)c(C)c1C(F)(F)F. The second-order valence-corrected chi connectivity index (χ2v) is 30.7. The van der Waals surface area contributed by atoms with Crippen LogP contribution in [0.25, 0.3) is 21.1 Å². The van der Waals surface area contributed by atoms with Crippen LogP contribution in [-0.4, -0.2) is 56.9 Å². The molecule has 0 aliphatic carbocycles. The highest BCUT2D eigenvalue weighted by molar-refractivity contribution is 6.74. The van der Waals surface area contributed by atoms with Crippen LogP contribution in [0.1, 0.15) is 111 Å². The van der Waals surface area contributed by atoms with Gasteiger partial charge in [-0.15, -0.1) is 10.2 Å². The molecule has 2 amide bonds. The molecule has 0 unspecified atom stereocenters. The second-order valence-electron chi connectivity index (χ2n) is 21.2. The zero-order valence-electron chi connectivity index (χ0n) is 45.2. The van der Waals surface area contributed by atoms with Gasteiger partial charge in [0, 0.05) is 22.5 Å². The van der Waals surface area contributed by atoms with E-state index < -0.39 is 87.6 Å². The number of nitrogens with one attached hydrogen (secondary N) is 4. The van der Waals surface area contributed by atoms with E-state index in [-0.39, 0.29) is 49.9 Å². The molecule has 0 aliphatic rings. The van der Waals surface area contributed by atoms with Crippen LogP contribution >= 0.6 is 0 Å². The van der Waals surface area contributed by atoms with E-state index in [4.69, 9.17) is 36.9 Å². The molecule has 4 aromatic carbocycles. The summed E-state index contributed by atoms with van der Waals surface area (Å²) in [6, 6.07) is 19.3. The molecule has 0 radical (unpaired) electrons. The number of carbonyl (C=O) groups excluding carboxylic acids is 2. The predicted octanol–water partition coefficient (Wildman–Crippen LogP) is 14.1. The molecule has 4 atom stereocenters.